The molecule has 0 radical (unpaired) electrons. The standard InChI is InChI=1S/C20H22N8O5/c1-9(13-8-23-17-15(25-13)16(21)27-20(22)28-17)24-11-4-2-10(3-5-11)18(31)26-12(19(32)33)6-7-14(29)30/h2-5,8-9,12,24H,6-7H2,1H3,(H,26,31)(H,29,30)(H,32,33)(H4,21,22,23,27,28)/t9?,12-/m0/s1. The van der Waals surface area contributed by atoms with E-state index in [1.807, 2.05) is 6.92 Å². The fraction of sp³-hybridized carbons (Fsp3) is 0.250. The Labute approximate surface area is 187 Å². The predicted molar refractivity (Wildman–Crippen MR) is 118 cm³/mol. The van der Waals surface area contributed by atoms with Crippen molar-refractivity contribution in [1.29, 1.82) is 0 Å². The molecule has 0 fully saturated rings. The molecule has 0 aliphatic rings. The molecule has 2 aromatic heterocycles. The monoisotopic (exact) mass is 454 g/mol. The van der Waals surface area contributed by atoms with E-state index in [1.54, 1.807) is 12.1 Å². The predicted octanol–water partition coefficient (Wildman–Crippen LogP) is 0.805. The lowest BCUT2D eigenvalue weighted by Gasteiger charge is -2.16. The Hall–Kier alpha value is -4.55. The molecule has 0 saturated heterocycles. The maximum absolute atomic E-state index is 12.3. The molecule has 1 unspecified atom stereocenters. The summed E-state index contributed by atoms with van der Waals surface area (Å²) in [6, 6.07) is 4.73. The van der Waals surface area contributed by atoms with Crippen molar-refractivity contribution >= 4 is 46.5 Å². The van der Waals surface area contributed by atoms with Crippen LogP contribution in [0, 0.1) is 0 Å². The zero-order chi connectivity index (χ0) is 24.1. The molecule has 0 saturated carbocycles. The summed E-state index contributed by atoms with van der Waals surface area (Å²) in [7, 11) is 0. The fourth-order valence-corrected chi connectivity index (χ4v) is 2.98. The zero-order valence-corrected chi connectivity index (χ0v) is 17.5. The highest BCUT2D eigenvalue weighted by Gasteiger charge is 2.21. The normalized spacial score (nSPS) is 12.6. The van der Waals surface area contributed by atoms with Gasteiger partial charge in [-0.2, -0.15) is 9.97 Å². The van der Waals surface area contributed by atoms with Crippen LogP contribution in [0.1, 0.15) is 41.9 Å². The molecular weight excluding hydrogens is 432 g/mol. The molecule has 172 valence electrons. The van der Waals surface area contributed by atoms with Gasteiger partial charge in [-0.1, -0.05) is 0 Å². The highest BCUT2D eigenvalue weighted by molar-refractivity contribution is 5.97. The lowest BCUT2D eigenvalue weighted by atomic mass is 10.1. The van der Waals surface area contributed by atoms with Crippen LogP contribution < -0.4 is 22.1 Å². The van der Waals surface area contributed by atoms with Gasteiger partial charge in [-0.15, -0.1) is 0 Å². The second-order valence-corrected chi connectivity index (χ2v) is 7.17. The van der Waals surface area contributed by atoms with Crippen molar-refractivity contribution < 1.29 is 24.6 Å². The second-order valence-electron chi connectivity index (χ2n) is 7.17. The van der Waals surface area contributed by atoms with Crippen molar-refractivity contribution in [1.82, 2.24) is 25.3 Å². The highest BCUT2D eigenvalue weighted by atomic mass is 16.4. The van der Waals surface area contributed by atoms with Crippen LogP contribution in [0.3, 0.4) is 0 Å². The van der Waals surface area contributed by atoms with E-state index in [0.717, 1.165) is 0 Å². The third-order valence-electron chi connectivity index (χ3n) is 4.69. The van der Waals surface area contributed by atoms with Gasteiger partial charge < -0.3 is 32.3 Å². The van der Waals surface area contributed by atoms with Gasteiger partial charge in [0.1, 0.15) is 6.04 Å². The molecule has 1 aromatic carbocycles. The lowest BCUT2D eigenvalue weighted by Crippen LogP contribution is -2.41. The van der Waals surface area contributed by atoms with Crippen LogP contribution in [-0.4, -0.2) is 54.0 Å². The second kappa shape index (κ2) is 9.72. The number of anilines is 3. The largest absolute Gasteiger partial charge is 0.481 e. The summed E-state index contributed by atoms with van der Waals surface area (Å²) in [6.07, 6.45) is 0.945. The summed E-state index contributed by atoms with van der Waals surface area (Å²) >= 11 is 0. The maximum atomic E-state index is 12.3. The third kappa shape index (κ3) is 5.78. The number of aliphatic carboxylic acids is 2. The van der Waals surface area contributed by atoms with Gasteiger partial charge in [-0.05, 0) is 37.6 Å². The van der Waals surface area contributed by atoms with E-state index >= 15 is 0 Å². The van der Waals surface area contributed by atoms with E-state index in [1.165, 1.54) is 18.3 Å². The van der Waals surface area contributed by atoms with Crippen LogP contribution >= 0.6 is 0 Å². The molecule has 8 N–H and O–H groups in total. The van der Waals surface area contributed by atoms with Crippen molar-refractivity contribution in [3.05, 3.63) is 41.7 Å². The Morgan fingerprint density at radius 1 is 1.06 bits per heavy atom. The van der Waals surface area contributed by atoms with Crippen molar-refractivity contribution in [2.24, 2.45) is 0 Å². The zero-order valence-electron chi connectivity index (χ0n) is 17.5. The summed E-state index contributed by atoms with van der Waals surface area (Å²) < 4.78 is 0. The lowest BCUT2D eigenvalue weighted by molar-refractivity contribution is -0.140. The quantitative estimate of drug-likeness (QED) is 0.264. The van der Waals surface area contributed by atoms with Gasteiger partial charge in [0.15, 0.2) is 17.0 Å². The van der Waals surface area contributed by atoms with Crippen LogP contribution in [0.15, 0.2) is 30.5 Å². The van der Waals surface area contributed by atoms with Crippen molar-refractivity contribution in [3.63, 3.8) is 0 Å². The molecule has 2 atom stereocenters. The van der Waals surface area contributed by atoms with E-state index in [9.17, 15) is 19.5 Å². The molecule has 0 aliphatic carbocycles. The summed E-state index contributed by atoms with van der Waals surface area (Å²) in [4.78, 5) is 50.8. The molecule has 0 spiro atoms. The number of amides is 1. The minimum atomic E-state index is -1.30. The Bertz CT molecular complexity index is 1200. The Kier molecular flexibility index (Phi) is 6.81. The molecule has 13 heteroatoms. The number of carbonyl (C=O) groups is 3. The summed E-state index contributed by atoms with van der Waals surface area (Å²) in [5.41, 5.74) is 13.5. The minimum absolute atomic E-state index is 0.00825. The molecule has 0 bridgehead atoms. The minimum Gasteiger partial charge on any atom is -0.481 e. The van der Waals surface area contributed by atoms with E-state index in [-0.39, 0.29) is 41.9 Å². The van der Waals surface area contributed by atoms with Crippen molar-refractivity contribution in [2.75, 3.05) is 16.8 Å². The summed E-state index contributed by atoms with van der Waals surface area (Å²) in [5, 5.41) is 23.4. The molecule has 3 aromatic rings. The molecule has 2 heterocycles. The van der Waals surface area contributed by atoms with Gasteiger partial charge in [-0.25, -0.2) is 14.8 Å². The maximum Gasteiger partial charge on any atom is 0.326 e. The van der Waals surface area contributed by atoms with Crippen LogP contribution in [0.4, 0.5) is 17.5 Å². The molecule has 1 amide bonds. The summed E-state index contributed by atoms with van der Waals surface area (Å²) in [5.74, 6) is -2.94. The van der Waals surface area contributed by atoms with E-state index in [4.69, 9.17) is 16.6 Å². The number of rotatable bonds is 9. The van der Waals surface area contributed by atoms with Gasteiger partial charge in [0.05, 0.1) is 17.9 Å². The number of aromatic nitrogens is 4. The number of carboxylic acids is 2. The van der Waals surface area contributed by atoms with Gasteiger partial charge in [0.2, 0.25) is 5.95 Å². The smallest absolute Gasteiger partial charge is 0.326 e. The van der Waals surface area contributed by atoms with E-state index in [0.29, 0.717) is 16.9 Å². The molecule has 33 heavy (non-hydrogen) atoms. The number of benzene rings is 1. The SMILES string of the molecule is CC(Nc1ccc(C(=O)N[C@@H](CCC(=O)O)C(=O)O)cc1)c1cnc2nc(N)nc(N)c2n1. The Morgan fingerprint density at radius 2 is 1.76 bits per heavy atom. The number of nitrogens with one attached hydrogen (secondary N) is 2. The average Bonchev–Trinajstić information content (AvgIpc) is 2.76. The summed E-state index contributed by atoms with van der Waals surface area (Å²) in [6.45, 7) is 1.85. The number of nitrogens with two attached hydrogens (primary N) is 2. The van der Waals surface area contributed by atoms with Crippen LogP contribution in [0.25, 0.3) is 11.2 Å². The highest BCUT2D eigenvalue weighted by Crippen LogP contribution is 2.21. The van der Waals surface area contributed by atoms with Gasteiger partial charge >= 0.3 is 11.9 Å². The number of hydrogen-bond acceptors (Lipinski definition) is 10. The first kappa shape index (κ1) is 23.1. The van der Waals surface area contributed by atoms with Crippen molar-refractivity contribution in [2.45, 2.75) is 31.8 Å². The fourth-order valence-electron chi connectivity index (χ4n) is 2.98. The number of nitrogen functional groups attached to an aromatic ring is 2. The molecule has 3 rings (SSSR count). The van der Waals surface area contributed by atoms with E-state index in [2.05, 4.69) is 30.6 Å². The van der Waals surface area contributed by atoms with Crippen LogP contribution in [0.5, 0.6) is 0 Å². The first-order chi connectivity index (χ1) is 15.6. The topological polar surface area (TPSA) is 219 Å². The number of carboxylic acid groups (broad SMARTS) is 2. The molecular formula is C20H22N8O5. The number of carbonyl (C=O) groups excluding carboxylic acids is 1. The van der Waals surface area contributed by atoms with Crippen LogP contribution in [0.2, 0.25) is 0 Å². The number of nitrogens with zero attached hydrogens (tertiary/aromatic N) is 4. The average molecular weight is 454 g/mol. The number of fused-ring (bicyclic) bond motifs is 1. The first-order valence-electron chi connectivity index (χ1n) is 9.81. The van der Waals surface area contributed by atoms with E-state index < -0.39 is 23.9 Å². The third-order valence-corrected chi connectivity index (χ3v) is 4.69. The molecule has 13 nitrogen and oxygen atoms in total. The number of hydrogen-bond donors (Lipinski definition) is 6. The Balaban J connectivity index is 1.67. The van der Waals surface area contributed by atoms with Crippen LogP contribution in [-0.2, 0) is 9.59 Å². The molecule has 0 aliphatic heterocycles. The van der Waals surface area contributed by atoms with Gasteiger partial charge in [0, 0.05) is 17.7 Å². The first-order valence-corrected chi connectivity index (χ1v) is 9.81. The van der Waals surface area contributed by atoms with Crippen molar-refractivity contribution in [3.8, 4) is 0 Å². The van der Waals surface area contributed by atoms with Gasteiger partial charge in [-0.3, -0.25) is 9.59 Å². The Morgan fingerprint density at radius 3 is 2.39 bits per heavy atom. The van der Waals surface area contributed by atoms with Gasteiger partial charge in [0.25, 0.3) is 5.91 Å².